The molecule has 2 aromatic rings. The Hall–Kier alpha value is -1.13. The Balaban J connectivity index is 2.31. The standard InChI is InChI=1S/C11H12Cl2N4/c1-11(6-12,7-13)15-10-14-8-4-2-3-5-9(8)16-17-10/h2-5H,6-7H2,1H3,(H,14,15,17). The van der Waals surface area contributed by atoms with E-state index in [1.54, 1.807) is 0 Å². The molecule has 0 fully saturated rings. The third-order valence-corrected chi connectivity index (χ3v) is 3.54. The number of para-hydroxylation sites is 1. The molecule has 0 atom stereocenters. The molecular formula is C11H12Cl2N4. The molecule has 90 valence electrons. The molecule has 0 aliphatic carbocycles. The van der Waals surface area contributed by atoms with E-state index in [1.165, 1.54) is 0 Å². The zero-order valence-corrected chi connectivity index (χ0v) is 10.8. The summed E-state index contributed by atoms with van der Waals surface area (Å²) in [6.45, 7) is 1.91. The average molecular weight is 271 g/mol. The fourth-order valence-electron chi connectivity index (χ4n) is 1.31. The highest BCUT2D eigenvalue weighted by molar-refractivity contribution is 6.22. The lowest BCUT2D eigenvalue weighted by Crippen LogP contribution is -2.39. The van der Waals surface area contributed by atoms with Crippen LogP contribution in [0.1, 0.15) is 6.92 Å². The van der Waals surface area contributed by atoms with Crippen LogP contribution < -0.4 is 5.32 Å². The van der Waals surface area contributed by atoms with Crippen LogP contribution in [-0.2, 0) is 0 Å². The van der Waals surface area contributed by atoms with Crippen LogP contribution in [0.3, 0.4) is 0 Å². The summed E-state index contributed by atoms with van der Waals surface area (Å²) in [5.41, 5.74) is 1.11. The molecule has 0 amide bonds. The van der Waals surface area contributed by atoms with Crippen molar-refractivity contribution in [3.8, 4) is 0 Å². The Labute approximate surface area is 109 Å². The molecule has 17 heavy (non-hydrogen) atoms. The Bertz CT molecular complexity index is 514. The number of anilines is 1. The van der Waals surface area contributed by atoms with Crippen molar-refractivity contribution in [1.82, 2.24) is 15.2 Å². The third-order valence-electron chi connectivity index (χ3n) is 2.36. The van der Waals surface area contributed by atoms with Crippen LogP contribution in [0.25, 0.3) is 11.0 Å². The van der Waals surface area contributed by atoms with Gasteiger partial charge in [0.05, 0.1) is 11.1 Å². The second kappa shape index (κ2) is 5.02. The maximum Gasteiger partial charge on any atom is 0.243 e. The molecule has 0 saturated heterocycles. The maximum atomic E-state index is 5.85. The van der Waals surface area contributed by atoms with E-state index >= 15 is 0 Å². The van der Waals surface area contributed by atoms with E-state index in [1.807, 2.05) is 31.2 Å². The topological polar surface area (TPSA) is 50.7 Å². The molecule has 1 aromatic carbocycles. The number of halogens is 2. The van der Waals surface area contributed by atoms with Gasteiger partial charge in [0.15, 0.2) is 0 Å². The average Bonchev–Trinajstić information content (AvgIpc) is 2.38. The van der Waals surface area contributed by atoms with Gasteiger partial charge in [-0.1, -0.05) is 12.1 Å². The quantitative estimate of drug-likeness (QED) is 0.868. The number of rotatable bonds is 4. The first-order chi connectivity index (χ1) is 8.17. The van der Waals surface area contributed by atoms with Gasteiger partial charge < -0.3 is 5.32 Å². The summed E-state index contributed by atoms with van der Waals surface area (Å²) in [4.78, 5) is 4.35. The number of hydrogen-bond acceptors (Lipinski definition) is 4. The summed E-state index contributed by atoms with van der Waals surface area (Å²) in [5.74, 6) is 1.17. The molecular weight excluding hydrogens is 259 g/mol. The van der Waals surface area contributed by atoms with Crippen LogP contribution in [0.2, 0.25) is 0 Å². The number of nitrogens with zero attached hydrogens (tertiary/aromatic N) is 3. The third kappa shape index (κ3) is 2.76. The second-order valence-electron chi connectivity index (χ2n) is 4.08. The Morgan fingerprint density at radius 1 is 1.12 bits per heavy atom. The van der Waals surface area contributed by atoms with Crippen LogP contribution in [0.15, 0.2) is 24.3 Å². The number of hydrogen-bond donors (Lipinski definition) is 1. The van der Waals surface area contributed by atoms with E-state index in [0.29, 0.717) is 17.7 Å². The van der Waals surface area contributed by atoms with Crippen molar-refractivity contribution in [2.24, 2.45) is 0 Å². The first-order valence-corrected chi connectivity index (χ1v) is 6.23. The zero-order chi connectivity index (χ0) is 12.3. The number of nitrogens with one attached hydrogen (secondary N) is 1. The normalized spacial score (nSPS) is 11.7. The predicted octanol–water partition coefficient (Wildman–Crippen LogP) is 2.67. The second-order valence-corrected chi connectivity index (χ2v) is 4.61. The lowest BCUT2D eigenvalue weighted by atomic mass is 10.1. The minimum atomic E-state index is -0.437. The molecule has 0 bridgehead atoms. The highest BCUT2D eigenvalue weighted by Crippen LogP contribution is 2.16. The summed E-state index contributed by atoms with van der Waals surface area (Å²) < 4.78 is 0. The minimum Gasteiger partial charge on any atom is -0.345 e. The fourth-order valence-corrected chi connectivity index (χ4v) is 1.73. The smallest absolute Gasteiger partial charge is 0.243 e. The number of alkyl halides is 2. The molecule has 0 aliphatic heterocycles. The van der Waals surface area contributed by atoms with Crippen LogP contribution >= 0.6 is 23.2 Å². The van der Waals surface area contributed by atoms with Crippen molar-refractivity contribution in [2.45, 2.75) is 12.5 Å². The van der Waals surface area contributed by atoms with Crippen molar-refractivity contribution in [3.05, 3.63) is 24.3 Å². The minimum absolute atomic E-state index is 0.368. The lowest BCUT2D eigenvalue weighted by Gasteiger charge is -2.25. The summed E-state index contributed by atoms with van der Waals surface area (Å²) >= 11 is 11.7. The maximum absolute atomic E-state index is 5.85. The summed E-state index contributed by atoms with van der Waals surface area (Å²) in [7, 11) is 0. The van der Waals surface area contributed by atoms with Gasteiger partial charge in [-0.25, -0.2) is 4.98 Å². The van der Waals surface area contributed by atoms with Gasteiger partial charge >= 0.3 is 0 Å². The number of benzene rings is 1. The summed E-state index contributed by atoms with van der Waals surface area (Å²) in [5, 5.41) is 11.2. The monoisotopic (exact) mass is 270 g/mol. The van der Waals surface area contributed by atoms with Crippen LogP contribution in [-0.4, -0.2) is 32.5 Å². The molecule has 1 aromatic heterocycles. The SMILES string of the molecule is CC(CCl)(CCl)Nc1nnc2ccccc2n1. The Morgan fingerprint density at radius 2 is 1.76 bits per heavy atom. The molecule has 1 heterocycles. The molecule has 6 heteroatoms. The van der Waals surface area contributed by atoms with Gasteiger partial charge in [0.2, 0.25) is 5.95 Å². The molecule has 0 aliphatic rings. The Morgan fingerprint density at radius 3 is 2.41 bits per heavy atom. The molecule has 2 rings (SSSR count). The van der Waals surface area contributed by atoms with Gasteiger partial charge in [-0.15, -0.1) is 33.4 Å². The number of fused-ring (bicyclic) bond motifs is 1. The molecule has 0 spiro atoms. The van der Waals surface area contributed by atoms with E-state index in [2.05, 4.69) is 20.5 Å². The predicted molar refractivity (Wildman–Crippen MR) is 70.8 cm³/mol. The van der Waals surface area contributed by atoms with Crippen LogP contribution in [0.5, 0.6) is 0 Å². The van der Waals surface area contributed by atoms with E-state index in [-0.39, 0.29) is 0 Å². The van der Waals surface area contributed by atoms with Crippen molar-refractivity contribution in [3.63, 3.8) is 0 Å². The summed E-state index contributed by atoms with van der Waals surface area (Å²) in [6, 6.07) is 7.55. The van der Waals surface area contributed by atoms with Gasteiger partial charge in [0.1, 0.15) is 5.52 Å². The molecule has 0 unspecified atom stereocenters. The van der Waals surface area contributed by atoms with E-state index in [0.717, 1.165) is 11.0 Å². The largest absolute Gasteiger partial charge is 0.345 e. The zero-order valence-electron chi connectivity index (χ0n) is 9.32. The number of aromatic nitrogens is 3. The molecule has 1 N–H and O–H groups in total. The molecule has 0 radical (unpaired) electrons. The van der Waals surface area contributed by atoms with Gasteiger partial charge in [0, 0.05) is 11.8 Å². The lowest BCUT2D eigenvalue weighted by molar-refractivity contribution is 0.638. The first kappa shape index (κ1) is 12.3. The van der Waals surface area contributed by atoms with Crippen molar-refractivity contribution in [1.29, 1.82) is 0 Å². The van der Waals surface area contributed by atoms with Crippen LogP contribution in [0, 0.1) is 0 Å². The van der Waals surface area contributed by atoms with E-state index in [9.17, 15) is 0 Å². The van der Waals surface area contributed by atoms with Gasteiger partial charge in [0.25, 0.3) is 0 Å². The van der Waals surface area contributed by atoms with Gasteiger partial charge in [-0.2, -0.15) is 0 Å². The Kier molecular flexibility index (Phi) is 3.64. The highest BCUT2D eigenvalue weighted by Gasteiger charge is 2.23. The van der Waals surface area contributed by atoms with Gasteiger partial charge in [-0.05, 0) is 19.1 Å². The van der Waals surface area contributed by atoms with E-state index in [4.69, 9.17) is 23.2 Å². The molecule has 0 saturated carbocycles. The van der Waals surface area contributed by atoms with E-state index < -0.39 is 5.54 Å². The van der Waals surface area contributed by atoms with Gasteiger partial charge in [-0.3, -0.25) is 0 Å². The molecule has 4 nitrogen and oxygen atoms in total. The first-order valence-electron chi connectivity index (χ1n) is 5.16. The van der Waals surface area contributed by atoms with Crippen molar-refractivity contribution in [2.75, 3.05) is 17.1 Å². The summed E-state index contributed by atoms with van der Waals surface area (Å²) in [6.07, 6.45) is 0. The van der Waals surface area contributed by atoms with Crippen molar-refractivity contribution < 1.29 is 0 Å². The van der Waals surface area contributed by atoms with Crippen molar-refractivity contribution >= 4 is 40.2 Å². The fraction of sp³-hybridized carbons (Fsp3) is 0.364. The van der Waals surface area contributed by atoms with Crippen LogP contribution in [0.4, 0.5) is 5.95 Å². The highest BCUT2D eigenvalue weighted by atomic mass is 35.5.